The van der Waals surface area contributed by atoms with Crippen LogP contribution >= 0.6 is 11.3 Å². The molecule has 6 nitrogen and oxygen atoms in total. The standard InChI is InChI=1S/C13H11N3O3S/c1-9-8-20-13(14-9)15-12(17)7-4-10-2-5-11(6-3-10)16(18)19/h2-8H,1H3,(H,14,15,17). The molecule has 2 rings (SSSR count). The third-order valence-corrected chi connectivity index (χ3v) is 3.26. The molecule has 0 aliphatic rings. The van der Waals surface area contributed by atoms with Crippen LogP contribution in [-0.4, -0.2) is 15.8 Å². The van der Waals surface area contributed by atoms with E-state index in [4.69, 9.17) is 0 Å². The van der Waals surface area contributed by atoms with Crippen molar-refractivity contribution in [2.75, 3.05) is 5.32 Å². The monoisotopic (exact) mass is 289 g/mol. The molecule has 0 fully saturated rings. The first-order valence-corrected chi connectivity index (χ1v) is 6.58. The van der Waals surface area contributed by atoms with Crippen LogP contribution in [-0.2, 0) is 4.79 Å². The van der Waals surface area contributed by atoms with Gasteiger partial charge >= 0.3 is 0 Å². The number of anilines is 1. The van der Waals surface area contributed by atoms with E-state index in [2.05, 4.69) is 10.3 Å². The van der Waals surface area contributed by atoms with Gasteiger partial charge in [0.05, 0.1) is 10.6 Å². The molecule has 0 aliphatic heterocycles. The highest BCUT2D eigenvalue weighted by molar-refractivity contribution is 7.13. The summed E-state index contributed by atoms with van der Waals surface area (Å²) in [5.41, 5.74) is 1.58. The van der Waals surface area contributed by atoms with Gasteiger partial charge in [-0.15, -0.1) is 11.3 Å². The second-order valence-corrected chi connectivity index (χ2v) is 4.82. The fraction of sp³-hybridized carbons (Fsp3) is 0.0769. The number of carbonyl (C=O) groups excluding carboxylic acids is 1. The predicted molar refractivity (Wildman–Crippen MR) is 77.6 cm³/mol. The SMILES string of the molecule is Cc1csc(NC(=O)C=Cc2ccc([N+](=O)[O-])cc2)n1. The number of hydrogen-bond acceptors (Lipinski definition) is 5. The van der Waals surface area contributed by atoms with Gasteiger partial charge in [-0.2, -0.15) is 0 Å². The summed E-state index contributed by atoms with van der Waals surface area (Å²) in [5, 5.41) is 15.5. The van der Waals surface area contributed by atoms with Gasteiger partial charge in [-0.05, 0) is 30.7 Å². The number of non-ortho nitro benzene ring substituents is 1. The van der Waals surface area contributed by atoms with Crippen LogP contribution in [0.2, 0.25) is 0 Å². The molecule has 0 radical (unpaired) electrons. The maximum Gasteiger partial charge on any atom is 0.269 e. The molecule has 102 valence electrons. The average Bonchev–Trinajstić information content (AvgIpc) is 2.82. The Morgan fingerprint density at radius 2 is 2.10 bits per heavy atom. The second kappa shape index (κ2) is 6.07. The Balaban J connectivity index is 1.98. The summed E-state index contributed by atoms with van der Waals surface area (Å²) >= 11 is 1.35. The number of carbonyl (C=O) groups is 1. The number of nitro benzene ring substituents is 1. The quantitative estimate of drug-likeness (QED) is 0.532. The number of nitrogens with one attached hydrogen (secondary N) is 1. The van der Waals surface area contributed by atoms with Crippen molar-refractivity contribution in [2.24, 2.45) is 0 Å². The van der Waals surface area contributed by atoms with Gasteiger partial charge in [0, 0.05) is 23.6 Å². The minimum absolute atomic E-state index is 0.0184. The summed E-state index contributed by atoms with van der Waals surface area (Å²) in [6.07, 6.45) is 2.94. The molecule has 7 heteroatoms. The van der Waals surface area contributed by atoms with Crippen LogP contribution in [0.15, 0.2) is 35.7 Å². The molecule has 1 amide bonds. The number of aromatic nitrogens is 1. The summed E-state index contributed by atoms with van der Waals surface area (Å²) in [4.78, 5) is 25.8. The molecule has 0 atom stereocenters. The lowest BCUT2D eigenvalue weighted by Crippen LogP contribution is -2.07. The minimum Gasteiger partial charge on any atom is -0.298 e. The number of hydrogen-bond donors (Lipinski definition) is 1. The highest BCUT2D eigenvalue weighted by Gasteiger charge is 2.04. The Morgan fingerprint density at radius 3 is 2.65 bits per heavy atom. The topological polar surface area (TPSA) is 85.1 Å². The molecule has 1 aromatic carbocycles. The van der Waals surface area contributed by atoms with Crippen molar-refractivity contribution in [1.82, 2.24) is 4.98 Å². The van der Waals surface area contributed by atoms with Crippen molar-refractivity contribution in [2.45, 2.75) is 6.92 Å². The first-order chi connectivity index (χ1) is 9.54. The van der Waals surface area contributed by atoms with Gasteiger partial charge < -0.3 is 0 Å². The third kappa shape index (κ3) is 3.72. The number of aryl methyl sites for hydroxylation is 1. The van der Waals surface area contributed by atoms with Crippen LogP contribution in [0.4, 0.5) is 10.8 Å². The van der Waals surface area contributed by atoms with Crippen molar-refractivity contribution in [3.8, 4) is 0 Å². The van der Waals surface area contributed by atoms with Crippen LogP contribution in [0.25, 0.3) is 6.08 Å². The number of thiazole rings is 1. The van der Waals surface area contributed by atoms with Gasteiger partial charge in [0.25, 0.3) is 5.69 Å². The van der Waals surface area contributed by atoms with Crippen molar-refractivity contribution >= 4 is 34.1 Å². The fourth-order valence-corrected chi connectivity index (χ4v) is 2.13. The minimum atomic E-state index is -0.467. The van der Waals surface area contributed by atoms with E-state index < -0.39 is 4.92 Å². The third-order valence-electron chi connectivity index (χ3n) is 2.38. The largest absolute Gasteiger partial charge is 0.298 e. The summed E-state index contributed by atoms with van der Waals surface area (Å²) in [6.45, 7) is 1.85. The Bertz CT molecular complexity index is 662. The smallest absolute Gasteiger partial charge is 0.269 e. The Morgan fingerprint density at radius 1 is 1.40 bits per heavy atom. The zero-order valence-corrected chi connectivity index (χ0v) is 11.4. The first kappa shape index (κ1) is 13.9. The normalized spacial score (nSPS) is 10.7. The Hall–Kier alpha value is -2.54. The van der Waals surface area contributed by atoms with E-state index in [1.54, 1.807) is 18.2 Å². The van der Waals surface area contributed by atoms with E-state index in [0.717, 1.165) is 5.69 Å². The van der Waals surface area contributed by atoms with Gasteiger partial charge in [0.2, 0.25) is 5.91 Å². The molecule has 0 saturated heterocycles. The first-order valence-electron chi connectivity index (χ1n) is 5.70. The van der Waals surface area contributed by atoms with E-state index in [1.165, 1.54) is 29.5 Å². The molecule has 0 saturated carbocycles. The summed E-state index contributed by atoms with van der Waals surface area (Å²) in [5.74, 6) is -0.294. The number of nitro groups is 1. The number of benzene rings is 1. The number of nitrogens with zero attached hydrogens (tertiary/aromatic N) is 2. The molecule has 2 aromatic rings. The lowest BCUT2D eigenvalue weighted by molar-refractivity contribution is -0.384. The van der Waals surface area contributed by atoms with Crippen LogP contribution < -0.4 is 5.32 Å². The highest BCUT2D eigenvalue weighted by atomic mass is 32.1. The molecular formula is C13H11N3O3S. The Kier molecular flexibility index (Phi) is 4.21. The van der Waals surface area contributed by atoms with Gasteiger partial charge in [-0.25, -0.2) is 4.98 Å². The lowest BCUT2D eigenvalue weighted by atomic mass is 10.2. The van der Waals surface area contributed by atoms with Gasteiger partial charge in [0.1, 0.15) is 0 Å². The number of rotatable bonds is 4. The number of amides is 1. The molecule has 0 unspecified atom stereocenters. The Labute approximate surface area is 118 Å². The van der Waals surface area contributed by atoms with Gasteiger partial charge in [-0.1, -0.05) is 0 Å². The average molecular weight is 289 g/mol. The molecule has 20 heavy (non-hydrogen) atoms. The van der Waals surface area contributed by atoms with E-state index in [9.17, 15) is 14.9 Å². The van der Waals surface area contributed by atoms with Crippen molar-refractivity contribution in [3.63, 3.8) is 0 Å². The van der Waals surface area contributed by atoms with Crippen LogP contribution in [0.3, 0.4) is 0 Å². The fourth-order valence-electron chi connectivity index (χ4n) is 1.44. The maximum atomic E-state index is 11.6. The zero-order valence-electron chi connectivity index (χ0n) is 10.6. The molecule has 1 heterocycles. The summed E-state index contributed by atoms with van der Waals surface area (Å²) in [6, 6.07) is 5.94. The molecule has 0 bridgehead atoms. The summed E-state index contributed by atoms with van der Waals surface area (Å²) in [7, 11) is 0. The van der Waals surface area contributed by atoms with E-state index >= 15 is 0 Å². The molecule has 0 aliphatic carbocycles. The lowest BCUT2D eigenvalue weighted by Gasteiger charge is -1.96. The van der Waals surface area contributed by atoms with Crippen LogP contribution in [0, 0.1) is 17.0 Å². The summed E-state index contributed by atoms with van der Waals surface area (Å²) < 4.78 is 0. The molecule has 0 spiro atoms. The zero-order chi connectivity index (χ0) is 14.5. The van der Waals surface area contributed by atoms with Gasteiger partial charge in [-0.3, -0.25) is 20.2 Å². The van der Waals surface area contributed by atoms with Crippen molar-refractivity contribution < 1.29 is 9.72 Å². The highest BCUT2D eigenvalue weighted by Crippen LogP contribution is 2.15. The van der Waals surface area contributed by atoms with E-state index in [0.29, 0.717) is 10.7 Å². The molecule has 1 aromatic heterocycles. The van der Waals surface area contributed by atoms with Crippen molar-refractivity contribution in [3.05, 3.63) is 57.1 Å². The molecule has 1 N–H and O–H groups in total. The molecular weight excluding hydrogens is 278 g/mol. The van der Waals surface area contributed by atoms with E-state index in [1.807, 2.05) is 12.3 Å². The van der Waals surface area contributed by atoms with Gasteiger partial charge in [0.15, 0.2) is 5.13 Å². The van der Waals surface area contributed by atoms with Crippen LogP contribution in [0.1, 0.15) is 11.3 Å². The van der Waals surface area contributed by atoms with Crippen LogP contribution in [0.5, 0.6) is 0 Å². The second-order valence-electron chi connectivity index (χ2n) is 3.97. The predicted octanol–water partition coefficient (Wildman–Crippen LogP) is 3.01. The maximum absolute atomic E-state index is 11.6. The van der Waals surface area contributed by atoms with Crippen molar-refractivity contribution in [1.29, 1.82) is 0 Å². The van der Waals surface area contributed by atoms with E-state index in [-0.39, 0.29) is 11.6 Å².